The highest BCUT2D eigenvalue weighted by Gasteiger charge is 2.06. The zero-order valence-electron chi connectivity index (χ0n) is 11.8. The zero-order valence-corrected chi connectivity index (χ0v) is 12.7. The quantitative estimate of drug-likeness (QED) is 0.798. The highest BCUT2D eigenvalue weighted by molar-refractivity contribution is 7.98. The minimum absolute atomic E-state index is 0.784. The van der Waals surface area contributed by atoms with Gasteiger partial charge in [-0.25, -0.2) is 9.97 Å². The summed E-state index contributed by atoms with van der Waals surface area (Å²) in [6, 6.07) is 10.6. The van der Waals surface area contributed by atoms with Gasteiger partial charge in [0.1, 0.15) is 0 Å². The van der Waals surface area contributed by atoms with Crippen LogP contribution in [0.2, 0.25) is 0 Å². The van der Waals surface area contributed by atoms with E-state index in [2.05, 4.69) is 45.4 Å². The lowest BCUT2D eigenvalue weighted by molar-refractivity contribution is 0.851. The van der Waals surface area contributed by atoms with Crippen molar-refractivity contribution < 1.29 is 0 Å². The maximum Gasteiger partial charge on any atom is 0.225 e. The monoisotopic (exact) mass is 273 g/mol. The molecule has 0 amide bonds. The zero-order chi connectivity index (χ0) is 13.8. The molecule has 0 unspecified atom stereocenters. The number of benzene rings is 1. The Morgan fingerprint density at radius 3 is 2.16 bits per heavy atom. The molecule has 100 valence electrons. The van der Waals surface area contributed by atoms with Gasteiger partial charge in [0.05, 0.1) is 0 Å². The maximum atomic E-state index is 4.47. The number of nitrogens with zero attached hydrogens (tertiary/aromatic N) is 3. The number of thioether (sulfide) groups is 1. The van der Waals surface area contributed by atoms with Crippen LogP contribution >= 0.6 is 11.8 Å². The number of hydrogen-bond donors (Lipinski definition) is 0. The van der Waals surface area contributed by atoms with Gasteiger partial charge in [0.25, 0.3) is 0 Å². The molecule has 0 atom stereocenters. The second-order valence-electron chi connectivity index (χ2n) is 4.65. The van der Waals surface area contributed by atoms with Crippen LogP contribution < -0.4 is 4.90 Å². The van der Waals surface area contributed by atoms with Crippen LogP contribution in [0.15, 0.2) is 35.2 Å². The Labute approximate surface area is 119 Å². The molecule has 0 aliphatic rings. The van der Waals surface area contributed by atoms with Crippen molar-refractivity contribution in [3.8, 4) is 0 Å². The molecule has 0 bridgehead atoms. The molecule has 1 aromatic heterocycles. The molecule has 0 fully saturated rings. The van der Waals surface area contributed by atoms with E-state index in [0.717, 1.165) is 23.9 Å². The number of rotatable bonds is 4. The van der Waals surface area contributed by atoms with Crippen molar-refractivity contribution in [1.82, 2.24) is 9.97 Å². The fourth-order valence-corrected chi connectivity index (χ4v) is 2.36. The van der Waals surface area contributed by atoms with E-state index in [0.29, 0.717) is 0 Å². The fraction of sp³-hybridized carbons (Fsp3) is 0.333. The van der Waals surface area contributed by atoms with Crippen molar-refractivity contribution in [3.05, 3.63) is 47.3 Å². The average Bonchev–Trinajstić information content (AvgIpc) is 2.38. The second-order valence-corrected chi connectivity index (χ2v) is 5.53. The molecular weight excluding hydrogens is 254 g/mol. The molecule has 2 aromatic rings. The van der Waals surface area contributed by atoms with Crippen LogP contribution in [0.1, 0.15) is 17.0 Å². The highest BCUT2D eigenvalue weighted by Crippen LogP contribution is 2.17. The minimum Gasteiger partial charge on any atom is -0.340 e. The van der Waals surface area contributed by atoms with Crippen molar-refractivity contribution in [2.45, 2.75) is 25.3 Å². The van der Waals surface area contributed by atoms with Crippen LogP contribution in [0, 0.1) is 13.8 Å². The molecule has 4 heteroatoms. The van der Waals surface area contributed by atoms with E-state index in [1.54, 1.807) is 11.8 Å². The standard InChI is InChI=1S/C15H19N3S/c1-11-9-12(2)17-15(16-11)18(3)10-13-5-7-14(19-4)8-6-13/h5-9H,10H2,1-4H3. The highest BCUT2D eigenvalue weighted by atomic mass is 32.2. The van der Waals surface area contributed by atoms with Gasteiger partial charge in [-0.1, -0.05) is 12.1 Å². The molecular formula is C15H19N3S. The van der Waals surface area contributed by atoms with E-state index in [-0.39, 0.29) is 0 Å². The molecule has 1 heterocycles. The fourth-order valence-electron chi connectivity index (χ4n) is 1.95. The van der Waals surface area contributed by atoms with Crippen LogP contribution in [0.4, 0.5) is 5.95 Å². The van der Waals surface area contributed by atoms with E-state index >= 15 is 0 Å². The SMILES string of the molecule is CSc1ccc(CN(C)c2nc(C)cc(C)n2)cc1. The van der Waals surface area contributed by atoms with E-state index in [4.69, 9.17) is 0 Å². The predicted molar refractivity (Wildman–Crippen MR) is 81.8 cm³/mol. The molecule has 0 aliphatic heterocycles. The summed E-state index contributed by atoms with van der Waals surface area (Å²) in [5.74, 6) is 0.784. The van der Waals surface area contributed by atoms with Crippen LogP contribution in [-0.2, 0) is 6.54 Å². The Bertz CT molecular complexity index is 532. The summed E-state index contributed by atoms with van der Waals surface area (Å²) >= 11 is 1.76. The number of aryl methyl sites for hydroxylation is 2. The minimum atomic E-state index is 0.784. The molecule has 0 N–H and O–H groups in total. The smallest absolute Gasteiger partial charge is 0.225 e. The van der Waals surface area contributed by atoms with Gasteiger partial charge in [0.15, 0.2) is 0 Å². The summed E-state index contributed by atoms with van der Waals surface area (Å²) in [6.07, 6.45) is 2.09. The second kappa shape index (κ2) is 6.06. The number of anilines is 1. The third-order valence-electron chi connectivity index (χ3n) is 2.89. The first kappa shape index (κ1) is 13.9. The molecule has 0 saturated heterocycles. The van der Waals surface area contributed by atoms with Crippen molar-refractivity contribution in [3.63, 3.8) is 0 Å². The summed E-state index contributed by atoms with van der Waals surface area (Å²) in [5.41, 5.74) is 3.28. The Balaban J connectivity index is 2.13. The van der Waals surface area contributed by atoms with Crippen LogP contribution in [0.5, 0.6) is 0 Å². The van der Waals surface area contributed by atoms with Gasteiger partial charge >= 0.3 is 0 Å². The lowest BCUT2D eigenvalue weighted by atomic mass is 10.2. The van der Waals surface area contributed by atoms with Gasteiger partial charge in [-0.15, -0.1) is 11.8 Å². The molecule has 19 heavy (non-hydrogen) atoms. The molecule has 0 saturated carbocycles. The molecule has 0 radical (unpaired) electrons. The molecule has 0 spiro atoms. The van der Waals surface area contributed by atoms with Crippen molar-refractivity contribution >= 4 is 17.7 Å². The summed E-state index contributed by atoms with van der Waals surface area (Å²) in [7, 11) is 2.02. The summed E-state index contributed by atoms with van der Waals surface area (Å²) in [4.78, 5) is 12.3. The third kappa shape index (κ3) is 3.70. The molecule has 1 aromatic carbocycles. The van der Waals surface area contributed by atoms with Gasteiger partial charge < -0.3 is 4.90 Å². The van der Waals surface area contributed by atoms with Crippen LogP contribution in [0.3, 0.4) is 0 Å². The van der Waals surface area contributed by atoms with E-state index < -0.39 is 0 Å². The first-order valence-electron chi connectivity index (χ1n) is 6.25. The average molecular weight is 273 g/mol. The van der Waals surface area contributed by atoms with Crippen molar-refractivity contribution in [2.75, 3.05) is 18.2 Å². The predicted octanol–water partition coefficient (Wildman–Crippen LogP) is 3.45. The topological polar surface area (TPSA) is 29.0 Å². The van der Waals surface area contributed by atoms with Gasteiger partial charge in [-0.3, -0.25) is 0 Å². The van der Waals surface area contributed by atoms with Crippen LogP contribution in [-0.4, -0.2) is 23.3 Å². The maximum absolute atomic E-state index is 4.47. The van der Waals surface area contributed by atoms with E-state index in [9.17, 15) is 0 Å². The Hall–Kier alpha value is -1.55. The lowest BCUT2D eigenvalue weighted by Gasteiger charge is -2.18. The summed E-state index contributed by atoms with van der Waals surface area (Å²) < 4.78 is 0. The summed E-state index contributed by atoms with van der Waals surface area (Å²) in [5, 5.41) is 0. The molecule has 3 nitrogen and oxygen atoms in total. The summed E-state index contributed by atoms with van der Waals surface area (Å²) in [6.45, 7) is 4.82. The van der Waals surface area contributed by atoms with Crippen molar-refractivity contribution in [2.24, 2.45) is 0 Å². The van der Waals surface area contributed by atoms with E-state index in [1.807, 2.05) is 27.0 Å². The number of hydrogen-bond acceptors (Lipinski definition) is 4. The van der Waals surface area contributed by atoms with E-state index in [1.165, 1.54) is 10.5 Å². The van der Waals surface area contributed by atoms with Gasteiger partial charge in [0.2, 0.25) is 5.95 Å². The van der Waals surface area contributed by atoms with Gasteiger partial charge in [0, 0.05) is 29.9 Å². The Morgan fingerprint density at radius 1 is 1.05 bits per heavy atom. The van der Waals surface area contributed by atoms with Gasteiger partial charge in [-0.2, -0.15) is 0 Å². The first-order chi connectivity index (χ1) is 9.08. The Morgan fingerprint density at radius 2 is 1.63 bits per heavy atom. The van der Waals surface area contributed by atoms with Crippen LogP contribution in [0.25, 0.3) is 0 Å². The molecule has 2 rings (SSSR count). The first-order valence-corrected chi connectivity index (χ1v) is 7.47. The lowest BCUT2D eigenvalue weighted by Crippen LogP contribution is -2.19. The van der Waals surface area contributed by atoms with Gasteiger partial charge in [-0.05, 0) is 43.9 Å². The third-order valence-corrected chi connectivity index (χ3v) is 3.63. The largest absolute Gasteiger partial charge is 0.340 e. The Kier molecular flexibility index (Phi) is 4.43. The normalized spacial score (nSPS) is 10.5. The molecule has 0 aliphatic carbocycles. The van der Waals surface area contributed by atoms with Crippen molar-refractivity contribution in [1.29, 1.82) is 0 Å². The number of aromatic nitrogens is 2.